The van der Waals surface area contributed by atoms with Gasteiger partial charge < -0.3 is 14.2 Å². The van der Waals surface area contributed by atoms with Crippen LogP contribution < -0.4 is 0 Å². The molecule has 1 saturated heterocycles. The Labute approximate surface area is 194 Å². The van der Waals surface area contributed by atoms with Crippen LogP contribution in [0, 0.1) is 34.5 Å². The smallest absolute Gasteiger partial charge is 0.312 e. The van der Waals surface area contributed by atoms with Crippen molar-refractivity contribution in [3.05, 3.63) is 11.6 Å². The van der Waals surface area contributed by atoms with Crippen LogP contribution in [0.25, 0.3) is 0 Å². The molecule has 3 unspecified atom stereocenters. The Morgan fingerprint density at radius 1 is 1.12 bits per heavy atom. The van der Waals surface area contributed by atoms with Crippen LogP contribution >= 0.6 is 0 Å². The largest absolute Gasteiger partial charge is 0.469 e. The molecule has 0 amide bonds. The molecule has 3 saturated carbocycles. The van der Waals surface area contributed by atoms with Crippen LogP contribution in [0.5, 0.6) is 0 Å². The summed E-state index contributed by atoms with van der Waals surface area (Å²) in [5, 5.41) is 0. The Bertz CT molecular complexity index is 952. The maximum Gasteiger partial charge on any atom is 0.312 e. The summed E-state index contributed by atoms with van der Waals surface area (Å²) in [5.74, 6) is -1.24. The summed E-state index contributed by atoms with van der Waals surface area (Å²) in [7, 11) is 1.40. The number of fused-ring (bicyclic) bond motifs is 6. The molecule has 5 aliphatic rings. The average molecular weight is 459 g/mol. The summed E-state index contributed by atoms with van der Waals surface area (Å²) in [6, 6.07) is 0. The molecule has 0 aromatic heterocycles. The lowest BCUT2D eigenvalue weighted by Gasteiger charge is -2.61. The molecular formula is C26H34O7. The fourth-order valence-electron chi connectivity index (χ4n) is 8.55. The van der Waals surface area contributed by atoms with Gasteiger partial charge in [0.1, 0.15) is 17.5 Å². The molecule has 1 aliphatic heterocycles. The highest BCUT2D eigenvalue weighted by molar-refractivity contribution is 5.84. The predicted molar refractivity (Wildman–Crippen MR) is 117 cm³/mol. The van der Waals surface area contributed by atoms with E-state index in [2.05, 4.69) is 13.8 Å². The number of esters is 3. The van der Waals surface area contributed by atoms with Gasteiger partial charge in [-0.3, -0.25) is 19.2 Å². The van der Waals surface area contributed by atoms with Gasteiger partial charge in [0.2, 0.25) is 0 Å². The van der Waals surface area contributed by atoms with Crippen LogP contribution in [-0.4, -0.2) is 42.5 Å². The molecule has 4 aliphatic carbocycles. The van der Waals surface area contributed by atoms with Crippen molar-refractivity contribution in [2.24, 2.45) is 34.5 Å². The van der Waals surface area contributed by atoms with Crippen molar-refractivity contribution in [2.45, 2.75) is 83.8 Å². The molecule has 0 radical (unpaired) electrons. The van der Waals surface area contributed by atoms with Crippen LogP contribution in [0.2, 0.25) is 0 Å². The first-order chi connectivity index (χ1) is 15.5. The summed E-state index contributed by atoms with van der Waals surface area (Å²) < 4.78 is 17.3. The van der Waals surface area contributed by atoms with Crippen LogP contribution in [0.1, 0.15) is 72.1 Å². The number of ether oxygens (including phenoxy) is 3. The van der Waals surface area contributed by atoms with Gasteiger partial charge in [0.25, 0.3) is 0 Å². The number of hydrogen-bond donors (Lipinski definition) is 0. The monoisotopic (exact) mass is 458 g/mol. The summed E-state index contributed by atoms with van der Waals surface area (Å²) in [5.41, 5.74) is -0.325. The molecule has 33 heavy (non-hydrogen) atoms. The lowest BCUT2D eigenvalue weighted by molar-refractivity contribution is -0.202. The van der Waals surface area contributed by atoms with E-state index in [0.717, 1.165) is 18.4 Å². The Balaban J connectivity index is 1.67. The summed E-state index contributed by atoms with van der Waals surface area (Å²) in [6.45, 7) is 5.76. The van der Waals surface area contributed by atoms with E-state index in [-0.39, 0.29) is 46.9 Å². The van der Waals surface area contributed by atoms with Crippen LogP contribution in [-0.2, 0) is 33.4 Å². The molecule has 5 rings (SSSR count). The van der Waals surface area contributed by atoms with Gasteiger partial charge in [-0.05, 0) is 49.4 Å². The lowest BCUT2D eigenvalue weighted by Crippen LogP contribution is -2.62. The van der Waals surface area contributed by atoms with E-state index in [1.54, 1.807) is 0 Å². The van der Waals surface area contributed by atoms with E-state index < -0.39 is 23.0 Å². The number of carbonyl (C=O) groups is 4. The SMILES string of the molecule is COC(=O)[C@@H]1C=C2CC(=O)CC[C@]2(C)C2C1C1CC[C@@]3(CCC(=O)O3)[C@@]1(C)C[C@H]2OC(C)=O. The molecule has 0 aromatic rings. The first-order valence-electron chi connectivity index (χ1n) is 12.2. The number of ketones is 1. The van der Waals surface area contributed by atoms with Gasteiger partial charge in [0.05, 0.1) is 13.0 Å². The van der Waals surface area contributed by atoms with Gasteiger partial charge in [-0.25, -0.2) is 0 Å². The molecule has 180 valence electrons. The topological polar surface area (TPSA) is 96.0 Å². The molecule has 1 spiro atoms. The molecule has 4 fully saturated rings. The van der Waals surface area contributed by atoms with Crippen molar-refractivity contribution in [1.29, 1.82) is 0 Å². The molecule has 0 aromatic carbocycles. The van der Waals surface area contributed by atoms with Crippen molar-refractivity contribution in [3.63, 3.8) is 0 Å². The standard InChI is InChI=1S/C26H34O7/c1-14(27)32-19-13-25(3)18(6-9-26(25)10-7-20(29)33-26)21-17(23(30)31-4)12-15-11-16(28)5-8-24(15,2)22(19)21/h12,17-19,21-22H,5-11,13H2,1-4H3/t17-,18?,19-,21?,22?,24+,25+,26-/m1/s1. The number of rotatable bonds is 2. The van der Waals surface area contributed by atoms with Gasteiger partial charge >= 0.3 is 17.9 Å². The molecule has 1 heterocycles. The predicted octanol–water partition coefficient (Wildman–Crippen LogP) is 3.53. The number of methoxy groups -OCH3 is 1. The highest BCUT2D eigenvalue weighted by Crippen LogP contribution is 2.70. The summed E-state index contributed by atoms with van der Waals surface area (Å²) in [4.78, 5) is 50.0. The van der Waals surface area contributed by atoms with E-state index in [0.29, 0.717) is 38.5 Å². The van der Waals surface area contributed by atoms with Gasteiger partial charge in [0.15, 0.2) is 0 Å². The minimum atomic E-state index is -0.577. The first-order valence-corrected chi connectivity index (χ1v) is 12.2. The van der Waals surface area contributed by atoms with Crippen molar-refractivity contribution < 1.29 is 33.4 Å². The van der Waals surface area contributed by atoms with E-state index in [1.807, 2.05) is 6.08 Å². The highest BCUT2D eigenvalue weighted by atomic mass is 16.6. The number of allylic oxidation sites excluding steroid dienone is 1. The highest BCUT2D eigenvalue weighted by Gasteiger charge is 2.71. The van der Waals surface area contributed by atoms with Gasteiger partial charge in [-0.15, -0.1) is 0 Å². The van der Waals surface area contributed by atoms with Crippen molar-refractivity contribution in [2.75, 3.05) is 7.11 Å². The molecule has 0 N–H and O–H groups in total. The van der Waals surface area contributed by atoms with Crippen molar-refractivity contribution in [3.8, 4) is 0 Å². The van der Waals surface area contributed by atoms with Crippen LogP contribution in [0.3, 0.4) is 0 Å². The second-order valence-corrected chi connectivity index (χ2v) is 11.4. The first kappa shape index (κ1) is 22.6. The maximum atomic E-state index is 13.1. The molecule has 0 bridgehead atoms. The average Bonchev–Trinajstić information content (AvgIpc) is 3.27. The van der Waals surface area contributed by atoms with E-state index in [4.69, 9.17) is 14.2 Å². The third-order valence-corrected chi connectivity index (χ3v) is 10.0. The zero-order chi connectivity index (χ0) is 23.8. The van der Waals surface area contributed by atoms with Gasteiger partial charge in [0, 0.05) is 37.5 Å². The third-order valence-electron chi connectivity index (χ3n) is 10.0. The van der Waals surface area contributed by atoms with Crippen molar-refractivity contribution in [1.82, 2.24) is 0 Å². The quantitative estimate of drug-likeness (QED) is 0.355. The maximum absolute atomic E-state index is 13.1. The number of Topliss-reactive ketones (excluding diaryl/α,β-unsaturated/α-hetero) is 1. The molecule has 8 atom stereocenters. The Kier molecular flexibility index (Phi) is 5.07. The lowest BCUT2D eigenvalue weighted by atomic mass is 9.44. The van der Waals surface area contributed by atoms with E-state index >= 15 is 0 Å². The Hall–Kier alpha value is -2.18. The minimum Gasteiger partial charge on any atom is -0.469 e. The van der Waals surface area contributed by atoms with E-state index in [9.17, 15) is 19.2 Å². The molecule has 7 heteroatoms. The number of hydrogen-bond acceptors (Lipinski definition) is 7. The summed E-state index contributed by atoms with van der Waals surface area (Å²) >= 11 is 0. The zero-order valence-electron chi connectivity index (χ0n) is 20.0. The third kappa shape index (κ3) is 3.06. The number of carbonyl (C=O) groups excluding carboxylic acids is 4. The van der Waals surface area contributed by atoms with E-state index in [1.165, 1.54) is 14.0 Å². The zero-order valence-corrected chi connectivity index (χ0v) is 20.0. The Morgan fingerprint density at radius 3 is 2.52 bits per heavy atom. The second-order valence-electron chi connectivity index (χ2n) is 11.4. The van der Waals surface area contributed by atoms with Crippen LogP contribution in [0.15, 0.2) is 11.6 Å². The fraction of sp³-hybridized carbons (Fsp3) is 0.769. The molecular weight excluding hydrogens is 424 g/mol. The fourth-order valence-corrected chi connectivity index (χ4v) is 8.55. The molecule has 7 nitrogen and oxygen atoms in total. The minimum absolute atomic E-state index is 0.0936. The van der Waals surface area contributed by atoms with Gasteiger partial charge in [-0.2, -0.15) is 0 Å². The second kappa shape index (κ2) is 7.41. The Morgan fingerprint density at radius 2 is 1.88 bits per heavy atom. The van der Waals surface area contributed by atoms with Crippen LogP contribution in [0.4, 0.5) is 0 Å². The van der Waals surface area contributed by atoms with Crippen molar-refractivity contribution >= 4 is 23.7 Å². The summed E-state index contributed by atoms with van der Waals surface area (Å²) in [6.07, 6.45) is 6.37. The normalized spacial score (nSPS) is 46.1. The van der Waals surface area contributed by atoms with Gasteiger partial charge in [-0.1, -0.05) is 25.5 Å².